The van der Waals surface area contributed by atoms with Crippen molar-refractivity contribution in [1.82, 2.24) is 0 Å². The van der Waals surface area contributed by atoms with Gasteiger partial charge in [0.1, 0.15) is 0 Å². The Bertz CT molecular complexity index is 202. The first-order valence-corrected chi connectivity index (χ1v) is 5.43. The Morgan fingerprint density at radius 1 is 1.29 bits per heavy atom. The van der Waals surface area contributed by atoms with E-state index in [0.717, 1.165) is 12.8 Å². The second-order valence-corrected chi connectivity index (χ2v) is 5.39. The Morgan fingerprint density at radius 3 is 2.29 bits per heavy atom. The molecule has 1 N–H and O–H groups in total. The molecule has 0 radical (unpaired) electrons. The van der Waals surface area contributed by atoms with Gasteiger partial charge in [-0.15, -0.1) is 11.8 Å². The van der Waals surface area contributed by atoms with Crippen molar-refractivity contribution in [3.05, 3.63) is 0 Å². The summed E-state index contributed by atoms with van der Waals surface area (Å²) in [5, 5.41) is 9.65. The molecule has 0 amide bonds. The molecule has 0 saturated heterocycles. The molecule has 1 nitrogen and oxygen atoms in total. The quantitative estimate of drug-likeness (QED) is 0.684. The highest BCUT2D eigenvalue weighted by Gasteiger charge is 2.17. The standard InChI is InChI=1S/C13H24O/c1-6-7-8-12(14)9-11(2)10-13(3,4)5/h11-12,14H,8-10H2,1-5H3. The lowest BCUT2D eigenvalue weighted by Gasteiger charge is -2.24. The average molecular weight is 196 g/mol. The van der Waals surface area contributed by atoms with Gasteiger partial charge in [-0.1, -0.05) is 27.7 Å². The van der Waals surface area contributed by atoms with Crippen molar-refractivity contribution < 1.29 is 5.11 Å². The second-order valence-electron chi connectivity index (χ2n) is 5.39. The maximum atomic E-state index is 9.65. The lowest BCUT2D eigenvalue weighted by atomic mass is 9.83. The summed E-state index contributed by atoms with van der Waals surface area (Å²) in [6.07, 6.45) is 2.39. The van der Waals surface area contributed by atoms with E-state index < -0.39 is 0 Å². The zero-order valence-electron chi connectivity index (χ0n) is 10.2. The molecule has 0 rings (SSSR count). The van der Waals surface area contributed by atoms with Crippen LogP contribution in [0.25, 0.3) is 0 Å². The van der Waals surface area contributed by atoms with Gasteiger partial charge < -0.3 is 5.11 Å². The van der Waals surface area contributed by atoms with Crippen molar-refractivity contribution in [3.63, 3.8) is 0 Å². The highest BCUT2D eigenvalue weighted by atomic mass is 16.3. The number of aliphatic hydroxyl groups is 1. The molecule has 0 aliphatic rings. The van der Waals surface area contributed by atoms with Crippen LogP contribution in [-0.4, -0.2) is 11.2 Å². The molecule has 14 heavy (non-hydrogen) atoms. The van der Waals surface area contributed by atoms with Crippen LogP contribution in [0.5, 0.6) is 0 Å². The minimum atomic E-state index is -0.250. The average Bonchev–Trinajstić information content (AvgIpc) is 1.96. The van der Waals surface area contributed by atoms with Gasteiger partial charge in [-0.3, -0.25) is 0 Å². The van der Waals surface area contributed by atoms with E-state index in [1.807, 2.05) is 6.92 Å². The normalized spacial score (nSPS) is 15.6. The zero-order chi connectivity index (χ0) is 11.2. The first-order chi connectivity index (χ1) is 6.35. The smallest absolute Gasteiger partial charge is 0.0651 e. The molecule has 0 aromatic carbocycles. The number of hydrogen-bond donors (Lipinski definition) is 1. The predicted molar refractivity (Wildman–Crippen MR) is 61.9 cm³/mol. The van der Waals surface area contributed by atoms with Crippen molar-refractivity contribution in [1.29, 1.82) is 0 Å². The summed E-state index contributed by atoms with van der Waals surface area (Å²) in [5.74, 6) is 6.30. The molecule has 0 aliphatic heterocycles. The van der Waals surface area contributed by atoms with Crippen LogP contribution in [0, 0.1) is 23.2 Å². The Hall–Kier alpha value is -0.480. The van der Waals surface area contributed by atoms with Gasteiger partial charge in [0.25, 0.3) is 0 Å². The molecule has 2 unspecified atom stereocenters. The first kappa shape index (κ1) is 13.5. The Labute approximate surface area is 88.9 Å². The molecule has 2 atom stereocenters. The lowest BCUT2D eigenvalue weighted by Crippen LogP contribution is -2.16. The summed E-state index contributed by atoms with van der Waals surface area (Å²) < 4.78 is 0. The summed E-state index contributed by atoms with van der Waals surface area (Å²) in [5.41, 5.74) is 0.357. The highest BCUT2D eigenvalue weighted by molar-refractivity contribution is 4.96. The van der Waals surface area contributed by atoms with E-state index in [1.54, 1.807) is 0 Å². The van der Waals surface area contributed by atoms with Crippen LogP contribution < -0.4 is 0 Å². The lowest BCUT2D eigenvalue weighted by molar-refractivity contribution is 0.137. The summed E-state index contributed by atoms with van der Waals surface area (Å²) in [7, 11) is 0. The SMILES string of the molecule is CC#CCC(O)CC(C)CC(C)(C)C. The topological polar surface area (TPSA) is 20.2 Å². The van der Waals surface area contributed by atoms with E-state index in [-0.39, 0.29) is 6.10 Å². The van der Waals surface area contributed by atoms with E-state index in [1.165, 1.54) is 0 Å². The van der Waals surface area contributed by atoms with E-state index in [9.17, 15) is 5.11 Å². The van der Waals surface area contributed by atoms with Gasteiger partial charge in [-0.05, 0) is 31.1 Å². The number of rotatable bonds is 4. The molecule has 1 heteroatoms. The van der Waals surface area contributed by atoms with Gasteiger partial charge in [0.15, 0.2) is 0 Å². The molecular weight excluding hydrogens is 172 g/mol. The van der Waals surface area contributed by atoms with Crippen LogP contribution >= 0.6 is 0 Å². The molecule has 0 fully saturated rings. The number of hydrogen-bond acceptors (Lipinski definition) is 1. The van der Waals surface area contributed by atoms with E-state index >= 15 is 0 Å². The Kier molecular flexibility index (Phi) is 5.88. The van der Waals surface area contributed by atoms with Crippen molar-refractivity contribution in [2.24, 2.45) is 11.3 Å². The first-order valence-electron chi connectivity index (χ1n) is 5.43. The third-order valence-electron chi connectivity index (χ3n) is 2.15. The van der Waals surface area contributed by atoms with Gasteiger partial charge in [-0.25, -0.2) is 0 Å². The molecule has 0 saturated carbocycles. The summed E-state index contributed by atoms with van der Waals surface area (Å²) >= 11 is 0. The fourth-order valence-electron chi connectivity index (χ4n) is 1.90. The van der Waals surface area contributed by atoms with Gasteiger partial charge in [0.2, 0.25) is 0 Å². The van der Waals surface area contributed by atoms with Crippen molar-refractivity contribution in [3.8, 4) is 11.8 Å². The molecule has 0 aromatic heterocycles. The van der Waals surface area contributed by atoms with Crippen LogP contribution in [0.1, 0.15) is 53.9 Å². The minimum absolute atomic E-state index is 0.250. The van der Waals surface area contributed by atoms with Crippen LogP contribution in [0.15, 0.2) is 0 Å². The minimum Gasteiger partial charge on any atom is -0.392 e. The van der Waals surface area contributed by atoms with Gasteiger partial charge >= 0.3 is 0 Å². The van der Waals surface area contributed by atoms with E-state index in [0.29, 0.717) is 17.8 Å². The maximum Gasteiger partial charge on any atom is 0.0651 e. The van der Waals surface area contributed by atoms with E-state index in [4.69, 9.17) is 0 Å². The monoisotopic (exact) mass is 196 g/mol. The van der Waals surface area contributed by atoms with Crippen LogP contribution in [0.3, 0.4) is 0 Å². The summed E-state index contributed by atoms with van der Waals surface area (Å²) in [6, 6.07) is 0. The maximum absolute atomic E-state index is 9.65. The van der Waals surface area contributed by atoms with Crippen LogP contribution in [0.2, 0.25) is 0 Å². The highest BCUT2D eigenvalue weighted by Crippen LogP contribution is 2.26. The van der Waals surface area contributed by atoms with Crippen LogP contribution in [-0.2, 0) is 0 Å². The van der Waals surface area contributed by atoms with Gasteiger partial charge in [0, 0.05) is 6.42 Å². The zero-order valence-corrected chi connectivity index (χ0v) is 10.2. The third kappa shape index (κ3) is 8.13. The van der Waals surface area contributed by atoms with Crippen molar-refractivity contribution >= 4 is 0 Å². The Morgan fingerprint density at radius 2 is 1.86 bits per heavy atom. The molecule has 0 bridgehead atoms. The third-order valence-corrected chi connectivity index (χ3v) is 2.15. The fourth-order valence-corrected chi connectivity index (χ4v) is 1.90. The largest absolute Gasteiger partial charge is 0.392 e. The fraction of sp³-hybridized carbons (Fsp3) is 0.846. The summed E-state index contributed by atoms with van der Waals surface area (Å²) in [6.45, 7) is 10.7. The molecule has 0 aromatic rings. The van der Waals surface area contributed by atoms with Crippen molar-refractivity contribution in [2.75, 3.05) is 0 Å². The molecular formula is C13H24O. The van der Waals surface area contributed by atoms with Crippen LogP contribution in [0.4, 0.5) is 0 Å². The molecule has 0 aliphatic carbocycles. The second kappa shape index (κ2) is 6.09. The van der Waals surface area contributed by atoms with Gasteiger partial charge in [0.05, 0.1) is 6.10 Å². The van der Waals surface area contributed by atoms with Gasteiger partial charge in [-0.2, -0.15) is 0 Å². The number of aliphatic hydroxyl groups excluding tert-OH is 1. The van der Waals surface area contributed by atoms with Crippen molar-refractivity contribution in [2.45, 2.75) is 60.0 Å². The molecule has 82 valence electrons. The molecule has 0 heterocycles. The predicted octanol–water partition coefficient (Wildman–Crippen LogP) is 3.22. The Balaban J connectivity index is 3.80. The molecule has 0 spiro atoms. The van der Waals surface area contributed by atoms with E-state index in [2.05, 4.69) is 39.5 Å². The summed E-state index contributed by atoms with van der Waals surface area (Å²) in [4.78, 5) is 0.